The molecule has 2 nitrogen and oxygen atoms in total. The van der Waals surface area contributed by atoms with E-state index in [9.17, 15) is 0 Å². The van der Waals surface area contributed by atoms with Crippen molar-refractivity contribution in [1.82, 2.24) is 0 Å². The lowest BCUT2D eigenvalue weighted by Gasteiger charge is -2.30. The highest BCUT2D eigenvalue weighted by Crippen LogP contribution is 2.30. The third-order valence-corrected chi connectivity index (χ3v) is 2.92. The molecule has 0 saturated heterocycles. The summed E-state index contributed by atoms with van der Waals surface area (Å²) >= 11 is 3.36. The quantitative estimate of drug-likeness (QED) is 0.810. The van der Waals surface area contributed by atoms with E-state index in [0.29, 0.717) is 0 Å². The second kappa shape index (κ2) is 4.02. The van der Waals surface area contributed by atoms with E-state index in [4.69, 9.17) is 10.00 Å². The summed E-state index contributed by atoms with van der Waals surface area (Å²) in [6, 6.07) is 10.0. The molecular weight excluding hydrogens is 242 g/mol. The number of benzene rings is 1. The van der Waals surface area contributed by atoms with Crippen LogP contribution in [0.4, 0.5) is 0 Å². The van der Waals surface area contributed by atoms with Crippen LogP contribution in [0, 0.1) is 17.2 Å². The van der Waals surface area contributed by atoms with E-state index in [1.54, 1.807) is 0 Å². The Bertz CT molecular complexity index is 349. The van der Waals surface area contributed by atoms with Gasteiger partial charge in [0, 0.05) is 17.3 Å². The number of hydrogen-bond donors (Lipinski definition) is 0. The van der Waals surface area contributed by atoms with Crippen LogP contribution in [0.15, 0.2) is 28.7 Å². The van der Waals surface area contributed by atoms with Crippen LogP contribution in [0.2, 0.25) is 0 Å². The Morgan fingerprint density at radius 3 is 2.50 bits per heavy atom. The third-order valence-electron chi connectivity index (χ3n) is 2.39. The first kappa shape index (κ1) is 9.54. The molecule has 0 N–H and O–H groups in total. The van der Waals surface area contributed by atoms with Gasteiger partial charge < -0.3 is 4.74 Å². The fraction of sp³-hybridized carbons (Fsp3) is 0.364. The van der Waals surface area contributed by atoms with Crippen molar-refractivity contribution in [1.29, 1.82) is 5.26 Å². The van der Waals surface area contributed by atoms with Gasteiger partial charge in [-0.15, -0.1) is 0 Å². The average Bonchev–Trinajstić information content (AvgIpc) is 2.13. The Morgan fingerprint density at radius 2 is 1.93 bits per heavy atom. The molecule has 1 aromatic rings. The first-order valence-electron chi connectivity index (χ1n) is 4.60. The van der Waals surface area contributed by atoms with Crippen LogP contribution in [0.1, 0.15) is 12.8 Å². The highest BCUT2D eigenvalue weighted by atomic mass is 79.9. The summed E-state index contributed by atoms with van der Waals surface area (Å²) < 4.78 is 6.71. The normalized spacial score (nSPS) is 24.9. The molecule has 0 amide bonds. The van der Waals surface area contributed by atoms with Crippen molar-refractivity contribution >= 4 is 15.9 Å². The number of rotatable bonds is 2. The highest BCUT2D eigenvalue weighted by Gasteiger charge is 2.30. The van der Waals surface area contributed by atoms with Gasteiger partial charge in [-0.3, -0.25) is 0 Å². The summed E-state index contributed by atoms with van der Waals surface area (Å²) in [6.45, 7) is 0. The van der Waals surface area contributed by atoms with Crippen molar-refractivity contribution < 1.29 is 4.74 Å². The predicted molar refractivity (Wildman–Crippen MR) is 56.9 cm³/mol. The third kappa shape index (κ3) is 2.08. The van der Waals surface area contributed by atoms with Gasteiger partial charge in [0.15, 0.2) is 0 Å². The average molecular weight is 252 g/mol. The first-order valence-corrected chi connectivity index (χ1v) is 5.39. The van der Waals surface area contributed by atoms with Gasteiger partial charge >= 0.3 is 0 Å². The zero-order chi connectivity index (χ0) is 9.97. The fourth-order valence-electron chi connectivity index (χ4n) is 1.47. The molecule has 1 aliphatic carbocycles. The van der Waals surface area contributed by atoms with Crippen LogP contribution in [0.5, 0.6) is 5.75 Å². The van der Waals surface area contributed by atoms with E-state index in [2.05, 4.69) is 22.0 Å². The number of hydrogen-bond acceptors (Lipinski definition) is 2. The van der Waals surface area contributed by atoms with E-state index < -0.39 is 0 Å². The Labute approximate surface area is 91.6 Å². The Morgan fingerprint density at radius 1 is 1.29 bits per heavy atom. The minimum Gasteiger partial charge on any atom is -0.490 e. The van der Waals surface area contributed by atoms with Gasteiger partial charge in [0.25, 0.3) is 0 Å². The van der Waals surface area contributed by atoms with Crippen molar-refractivity contribution in [2.24, 2.45) is 5.92 Å². The molecular formula is C11H10BrNO. The molecule has 0 aromatic heterocycles. The lowest BCUT2D eigenvalue weighted by atomic mass is 9.83. The second-order valence-electron chi connectivity index (χ2n) is 3.49. The number of halogens is 1. The van der Waals surface area contributed by atoms with E-state index >= 15 is 0 Å². The maximum absolute atomic E-state index is 8.59. The standard InChI is InChI=1S/C11H10BrNO/c12-9-1-3-10(4-2-9)14-11-5-8(6-11)7-13/h1-4,8,11H,5-6H2. The zero-order valence-electron chi connectivity index (χ0n) is 7.61. The minimum absolute atomic E-state index is 0.204. The molecule has 1 saturated carbocycles. The Kier molecular flexibility index (Phi) is 2.74. The van der Waals surface area contributed by atoms with Crippen LogP contribution in [-0.2, 0) is 0 Å². The lowest BCUT2D eigenvalue weighted by molar-refractivity contribution is 0.0893. The molecule has 3 heteroatoms. The van der Waals surface area contributed by atoms with Gasteiger partial charge in [-0.05, 0) is 24.3 Å². The summed E-state index contributed by atoms with van der Waals surface area (Å²) in [5.74, 6) is 1.09. The molecule has 0 spiro atoms. The van der Waals surface area contributed by atoms with Gasteiger partial charge in [0.05, 0.1) is 12.0 Å². The van der Waals surface area contributed by atoms with Gasteiger partial charge in [0.2, 0.25) is 0 Å². The SMILES string of the molecule is N#CC1CC(Oc2ccc(Br)cc2)C1. The molecule has 0 atom stereocenters. The zero-order valence-corrected chi connectivity index (χ0v) is 9.20. The Hall–Kier alpha value is -1.01. The van der Waals surface area contributed by atoms with Crippen molar-refractivity contribution in [3.05, 3.63) is 28.7 Å². The van der Waals surface area contributed by atoms with Crippen LogP contribution in [0.25, 0.3) is 0 Å². The fourth-order valence-corrected chi connectivity index (χ4v) is 1.74. The van der Waals surface area contributed by atoms with Gasteiger partial charge in [0.1, 0.15) is 11.9 Å². The van der Waals surface area contributed by atoms with Crippen molar-refractivity contribution in [2.45, 2.75) is 18.9 Å². The van der Waals surface area contributed by atoms with Gasteiger partial charge in [-0.2, -0.15) is 5.26 Å². The molecule has 0 unspecified atom stereocenters. The van der Waals surface area contributed by atoms with Crippen LogP contribution in [-0.4, -0.2) is 6.10 Å². The lowest BCUT2D eigenvalue weighted by Crippen LogP contribution is -2.32. The second-order valence-corrected chi connectivity index (χ2v) is 4.41. The molecule has 1 aromatic carbocycles. The van der Waals surface area contributed by atoms with Crippen molar-refractivity contribution in [2.75, 3.05) is 0 Å². The van der Waals surface area contributed by atoms with Crippen LogP contribution in [0.3, 0.4) is 0 Å². The van der Waals surface area contributed by atoms with E-state index in [1.807, 2.05) is 24.3 Å². The van der Waals surface area contributed by atoms with Crippen molar-refractivity contribution in [3.8, 4) is 11.8 Å². The van der Waals surface area contributed by atoms with Crippen molar-refractivity contribution in [3.63, 3.8) is 0 Å². The summed E-state index contributed by atoms with van der Waals surface area (Å²) in [5.41, 5.74) is 0. The summed E-state index contributed by atoms with van der Waals surface area (Å²) in [4.78, 5) is 0. The number of ether oxygens (including phenoxy) is 1. The monoisotopic (exact) mass is 251 g/mol. The number of nitrogens with zero attached hydrogens (tertiary/aromatic N) is 1. The van der Waals surface area contributed by atoms with E-state index in [-0.39, 0.29) is 12.0 Å². The topological polar surface area (TPSA) is 33.0 Å². The summed E-state index contributed by atoms with van der Waals surface area (Å²) in [7, 11) is 0. The maximum atomic E-state index is 8.59. The number of nitriles is 1. The van der Waals surface area contributed by atoms with Crippen LogP contribution >= 0.6 is 15.9 Å². The molecule has 0 bridgehead atoms. The predicted octanol–water partition coefficient (Wildman–Crippen LogP) is 3.13. The molecule has 72 valence electrons. The van der Waals surface area contributed by atoms with Crippen LogP contribution < -0.4 is 4.74 Å². The van der Waals surface area contributed by atoms with E-state index in [1.165, 1.54) is 0 Å². The summed E-state index contributed by atoms with van der Waals surface area (Å²) in [5, 5.41) is 8.59. The maximum Gasteiger partial charge on any atom is 0.119 e. The molecule has 0 aliphatic heterocycles. The van der Waals surface area contributed by atoms with E-state index in [0.717, 1.165) is 23.1 Å². The van der Waals surface area contributed by atoms with Gasteiger partial charge in [-0.1, -0.05) is 15.9 Å². The molecule has 0 heterocycles. The summed E-state index contributed by atoms with van der Waals surface area (Å²) in [6.07, 6.45) is 1.97. The Balaban J connectivity index is 1.88. The molecule has 14 heavy (non-hydrogen) atoms. The molecule has 0 radical (unpaired) electrons. The molecule has 2 rings (SSSR count). The van der Waals surface area contributed by atoms with Gasteiger partial charge in [-0.25, -0.2) is 0 Å². The highest BCUT2D eigenvalue weighted by molar-refractivity contribution is 9.10. The smallest absolute Gasteiger partial charge is 0.119 e. The molecule has 1 fully saturated rings. The molecule has 1 aliphatic rings. The first-order chi connectivity index (χ1) is 6.78. The minimum atomic E-state index is 0.204. The largest absolute Gasteiger partial charge is 0.490 e.